The minimum Gasteiger partial charge on any atom is -0.480 e. The van der Waals surface area contributed by atoms with E-state index in [1.54, 1.807) is 11.8 Å². The van der Waals surface area contributed by atoms with Crippen molar-refractivity contribution in [2.75, 3.05) is 197 Å². The van der Waals surface area contributed by atoms with Crippen molar-refractivity contribution in [1.29, 1.82) is 0 Å². The highest BCUT2D eigenvalue weighted by Gasteiger charge is 2.20. The molecule has 0 unspecified atom stereocenters. The van der Waals surface area contributed by atoms with Crippen molar-refractivity contribution >= 4 is 71.8 Å². The Morgan fingerprint density at radius 2 is 0.584 bits per heavy atom. The topological polar surface area (TPSA) is 530 Å². The zero-order chi connectivity index (χ0) is 69.1. The van der Waals surface area contributed by atoms with Gasteiger partial charge in [-0.1, -0.05) is 40.5 Å². The van der Waals surface area contributed by atoms with Crippen molar-refractivity contribution in [3.05, 3.63) is 0 Å². The lowest BCUT2D eigenvalue weighted by Crippen LogP contribution is -2.44. The fraction of sp³-hybridized carbons (Fsp3) is 0.774. The number of carbonyl (C=O) groups is 12. The molecule has 0 radical (unpaired) electrons. The van der Waals surface area contributed by atoms with Gasteiger partial charge in [0.25, 0.3) is 0 Å². The predicted molar refractivity (Wildman–Crippen MR) is 318 cm³/mol. The molecule has 0 atom stereocenters. The lowest BCUT2D eigenvalue weighted by atomic mass is 10.2. The summed E-state index contributed by atoms with van der Waals surface area (Å²) in [5.74, 6) is -11.9. The molecule has 15 N–H and O–H groups in total. The van der Waals surface area contributed by atoms with Gasteiger partial charge in [0.15, 0.2) is 0 Å². The Balaban J connectivity index is -0.000000342. The van der Waals surface area contributed by atoms with E-state index in [0.29, 0.717) is 59.1 Å². The number of carboxylic acid groups (broad SMARTS) is 12. The van der Waals surface area contributed by atoms with Crippen LogP contribution < -0.4 is 11.1 Å². The number of rotatable bonds is 53. The third kappa shape index (κ3) is 71.6. The second-order valence-corrected chi connectivity index (χ2v) is 19.2. The van der Waals surface area contributed by atoms with E-state index in [0.717, 1.165) is 22.8 Å². The van der Waals surface area contributed by atoms with Crippen LogP contribution in [0.25, 0.3) is 0 Å². The summed E-state index contributed by atoms with van der Waals surface area (Å²) in [5.41, 5.74) is 5.37. The smallest absolute Gasteiger partial charge is 0.407 e. The maximum atomic E-state index is 10.8. The van der Waals surface area contributed by atoms with Gasteiger partial charge in [0.1, 0.15) is 0 Å². The lowest BCUT2D eigenvalue weighted by Gasteiger charge is -2.27. The molecule has 0 heterocycles. The number of hydrogen-bond acceptors (Lipinski definition) is 23. The van der Waals surface area contributed by atoms with Crippen molar-refractivity contribution in [1.82, 2.24) is 44.5 Å². The number of hydrogen-bond donors (Lipinski definition) is 14. The van der Waals surface area contributed by atoms with E-state index >= 15 is 0 Å². The van der Waals surface area contributed by atoms with E-state index in [1.165, 1.54) is 64.8 Å². The van der Waals surface area contributed by atoms with Crippen LogP contribution in [0.3, 0.4) is 0 Å². The van der Waals surface area contributed by atoms with Crippen LogP contribution in [0.15, 0.2) is 0 Å². The summed E-state index contributed by atoms with van der Waals surface area (Å²) in [4.78, 5) is 138. The molecule has 0 aromatic carbocycles. The second kappa shape index (κ2) is 61.2. The Hall–Kier alpha value is -7.00. The number of aliphatic carboxylic acids is 11. The maximum Gasteiger partial charge on any atom is 0.407 e. The van der Waals surface area contributed by atoms with E-state index in [4.69, 9.17) is 76.5 Å². The van der Waals surface area contributed by atoms with Crippen molar-refractivity contribution in [3.63, 3.8) is 0 Å². The molecule has 36 nitrogen and oxygen atoms in total. The molecule has 520 valence electrons. The average molecular weight is 1300 g/mol. The molecule has 0 spiro atoms. The van der Waals surface area contributed by atoms with Crippen LogP contribution in [-0.2, 0) is 62.2 Å². The molecule has 1 amide bonds. The SMILES string of the molecule is CCCCNCCCCCN.CCCN(CC(=O)O)CC(=O)O.CCN(CCN(CC(=O)O)CC(=O)O)C(=O)O.CCN(CCN(CC(=O)O)CC(=O)O)CCN(CC(=O)O)CC(=O)O.CCN(CCOCCOCCN(CC(=O)O)CC(=O)O)CC(=O)O. The third-order valence-electron chi connectivity index (χ3n) is 11.4. The molecule has 89 heavy (non-hydrogen) atoms. The van der Waals surface area contributed by atoms with Crippen molar-refractivity contribution < 1.29 is 128 Å². The largest absolute Gasteiger partial charge is 0.480 e. The highest BCUT2D eigenvalue weighted by atomic mass is 16.5. The molecule has 0 aliphatic heterocycles. The number of likely N-dealkylation sites (N-methyl/N-ethyl adjacent to an activating group) is 3. The number of unbranched alkanes of at least 4 members (excludes halogenated alkanes) is 3. The van der Waals surface area contributed by atoms with Crippen molar-refractivity contribution in [2.45, 2.75) is 73.1 Å². The zero-order valence-corrected chi connectivity index (χ0v) is 52.2. The lowest BCUT2D eigenvalue weighted by molar-refractivity contribution is -0.144. The molecule has 0 saturated carbocycles. The molecule has 0 aromatic rings. The van der Waals surface area contributed by atoms with E-state index < -0.39 is 111 Å². The summed E-state index contributed by atoms with van der Waals surface area (Å²) < 4.78 is 10.6. The van der Waals surface area contributed by atoms with Crippen LogP contribution in [0.2, 0.25) is 0 Å². The molecule has 0 aliphatic rings. The van der Waals surface area contributed by atoms with Crippen molar-refractivity contribution in [3.8, 4) is 0 Å². The van der Waals surface area contributed by atoms with Gasteiger partial charge in [-0.3, -0.25) is 82.1 Å². The third-order valence-corrected chi connectivity index (χ3v) is 11.4. The Kier molecular flexibility index (Phi) is 62.4. The van der Waals surface area contributed by atoms with Gasteiger partial charge in [-0.2, -0.15) is 0 Å². The number of nitrogens with one attached hydrogen (secondary N) is 1. The van der Waals surface area contributed by atoms with Gasteiger partial charge in [0.05, 0.1) is 98.4 Å². The minimum absolute atomic E-state index is 0.0284. The van der Waals surface area contributed by atoms with Crippen LogP contribution in [0, 0.1) is 0 Å². The summed E-state index contributed by atoms with van der Waals surface area (Å²) in [7, 11) is 0. The zero-order valence-electron chi connectivity index (χ0n) is 52.2. The molecule has 0 aliphatic carbocycles. The summed E-state index contributed by atoms with van der Waals surface area (Å²) >= 11 is 0. The molecule has 0 bridgehead atoms. The number of carboxylic acids is 11. The van der Waals surface area contributed by atoms with Gasteiger partial charge in [-0.05, 0) is 71.9 Å². The van der Waals surface area contributed by atoms with E-state index in [1.807, 2.05) is 25.7 Å². The van der Waals surface area contributed by atoms with Gasteiger partial charge in [0.2, 0.25) is 0 Å². The standard InChI is InChI=1S/C14H25N3O8.C14H26N2O8.C9H16N2O6.C9H22N2.C7H13NO4/c1-2-15(3-5-16(7-11(18)19)8-12(20)21)4-6-17(9-13(22)23)10-14(24)25;1-2-15(9-12(17)18)3-5-23-7-8-24-6-4-16(10-13(19)20)11-14(21)22;1-2-11(9(16)17)4-3-10(5-7(12)13)6-8(14)15;1-2-3-8-11-9-6-4-5-7-10;1-2-3-8(4-6(9)10)5-7(11)12/h2-10H2,1H3,(H,18,19)(H,20,21)(H,22,23)(H,24,25);2-11H2,1H3,(H,17,18)(H,19,20)(H,21,22);2-6H2,1H3,(H,12,13)(H,14,15)(H,16,17);11H,2-10H2,1H3;2-5H2,1H3,(H,9,10)(H,11,12). The number of ether oxygens (including phenoxy) is 2. The number of nitrogens with two attached hydrogens (primary N) is 1. The Labute approximate surface area is 518 Å². The second-order valence-electron chi connectivity index (χ2n) is 19.2. The molecular formula is C53H102N10O26. The van der Waals surface area contributed by atoms with Crippen molar-refractivity contribution in [2.24, 2.45) is 5.73 Å². The van der Waals surface area contributed by atoms with Gasteiger partial charge in [0, 0.05) is 58.9 Å². The quantitative estimate of drug-likeness (QED) is 0.0292. The normalized spacial score (nSPS) is 10.8. The predicted octanol–water partition coefficient (Wildman–Crippen LogP) is -2.02. The van der Waals surface area contributed by atoms with Gasteiger partial charge < -0.3 is 91.6 Å². The van der Waals surface area contributed by atoms with Gasteiger partial charge >= 0.3 is 71.8 Å². The summed E-state index contributed by atoms with van der Waals surface area (Å²) in [6, 6.07) is 0. The van der Waals surface area contributed by atoms with E-state index in [-0.39, 0.29) is 78.6 Å². The van der Waals surface area contributed by atoms with Crippen LogP contribution in [0.5, 0.6) is 0 Å². The summed E-state index contributed by atoms with van der Waals surface area (Å²) in [5, 5.41) is 107. The number of amides is 1. The first-order valence-corrected chi connectivity index (χ1v) is 28.8. The fourth-order valence-corrected chi connectivity index (χ4v) is 7.19. The van der Waals surface area contributed by atoms with Crippen LogP contribution in [0.4, 0.5) is 4.79 Å². The highest BCUT2D eigenvalue weighted by Crippen LogP contribution is 1.99. The fourth-order valence-electron chi connectivity index (χ4n) is 7.19. The van der Waals surface area contributed by atoms with Crippen LogP contribution >= 0.6 is 0 Å². The molecule has 0 rings (SSSR count). The molecule has 0 fully saturated rings. The van der Waals surface area contributed by atoms with Gasteiger partial charge in [-0.15, -0.1) is 0 Å². The van der Waals surface area contributed by atoms with E-state index in [9.17, 15) is 57.5 Å². The Morgan fingerprint density at radius 3 is 0.865 bits per heavy atom. The molecule has 0 saturated heterocycles. The number of nitrogens with zero attached hydrogens (tertiary/aromatic N) is 8. The Bertz CT molecular complexity index is 1850. The first-order valence-electron chi connectivity index (χ1n) is 28.8. The summed E-state index contributed by atoms with van der Waals surface area (Å²) in [6.45, 7) is 14.2. The monoisotopic (exact) mass is 1290 g/mol. The molecular weight excluding hydrogens is 1190 g/mol. The van der Waals surface area contributed by atoms with Gasteiger partial charge in [-0.25, -0.2) is 4.79 Å². The highest BCUT2D eigenvalue weighted by molar-refractivity contribution is 5.75. The minimum atomic E-state index is -1.15. The maximum absolute atomic E-state index is 10.8. The van der Waals surface area contributed by atoms with Crippen LogP contribution in [0.1, 0.15) is 73.1 Å². The first-order chi connectivity index (χ1) is 41.8. The first kappa shape index (κ1) is 90.7. The molecule has 0 aromatic heterocycles. The van der Waals surface area contributed by atoms with Crippen LogP contribution in [-0.4, -0.2) is 369 Å². The molecule has 36 heteroatoms. The van der Waals surface area contributed by atoms with E-state index in [2.05, 4.69) is 12.2 Å². The summed E-state index contributed by atoms with van der Waals surface area (Å²) in [6.07, 6.45) is 5.96. The average Bonchev–Trinajstić information content (AvgIpc) is 3.53. The Morgan fingerprint density at radius 1 is 0.303 bits per heavy atom.